The van der Waals surface area contributed by atoms with Gasteiger partial charge in [-0.1, -0.05) is 29.8 Å². The highest BCUT2D eigenvalue weighted by atomic mass is 35.5. The van der Waals surface area contributed by atoms with Crippen molar-refractivity contribution in [3.05, 3.63) is 74.6 Å². The maximum absolute atomic E-state index is 12.8. The Morgan fingerprint density at radius 3 is 2.58 bits per heavy atom. The van der Waals surface area contributed by atoms with E-state index in [1.165, 1.54) is 22.9 Å². The van der Waals surface area contributed by atoms with Crippen LogP contribution in [0.2, 0.25) is 5.15 Å². The number of para-hydroxylation sites is 1. The Hall–Kier alpha value is -4.36. The number of aromatic nitrogens is 2. The van der Waals surface area contributed by atoms with E-state index in [4.69, 9.17) is 21.1 Å². The Bertz CT molecular complexity index is 1330. The SMILES string of the molecule is Cc1nn(-c2ccccc2)c(Cl)c1/C=C(\C#N)C(=O)Nc1cc2c(cc1[N+](=O)[O-])OCCO2. The highest BCUT2D eigenvalue weighted by Gasteiger charge is 2.25. The molecule has 10 nitrogen and oxygen atoms in total. The summed E-state index contributed by atoms with van der Waals surface area (Å²) in [5.74, 6) is -0.384. The van der Waals surface area contributed by atoms with E-state index in [9.17, 15) is 20.2 Å². The lowest BCUT2D eigenvalue weighted by Gasteiger charge is -2.19. The van der Waals surface area contributed by atoms with Crippen LogP contribution in [0, 0.1) is 28.4 Å². The van der Waals surface area contributed by atoms with Gasteiger partial charge >= 0.3 is 0 Å². The molecule has 0 bridgehead atoms. The van der Waals surface area contributed by atoms with Crippen molar-refractivity contribution in [1.82, 2.24) is 9.78 Å². The molecule has 1 amide bonds. The van der Waals surface area contributed by atoms with Gasteiger partial charge in [0.15, 0.2) is 11.5 Å². The third-order valence-corrected chi connectivity index (χ3v) is 5.17. The Labute approximate surface area is 192 Å². The average molecular weight is 466 g/mol. The van der Waals surface area contributed by atoms with Crippen molar-refractivity contribution in [2.45, 2.75) is 6.92 Å². The van der Waals surface area contributed by atoms with E-state index in [0.717, 1.165) is 0 Å². The fourth-order valence-electron chi connectivity index (χ4n) is 3.23. The number of hydrogen-bond donors (Lipinski definition) is 1. The van der Waals surface area contributed by atoms with E-state index < -0.39 is 16.5 Å². The summed E-state index contributed by atoms with van der Waals surface area (Å²) in [6.45, 7) is 2.22. The summed E-state index contributed by atoms with van der Waals surface area (Å²) < 4.78 is 12.3. The number of nitriles is 1. The number of ether oxygens (including phenoxy) is 2. The van der Waals surface area contributed by atoms with Gasteiger partial charge in [0.05, 0.1) is 22.4 Å². The molecule has 0 atom stereocenters. The number of anilines is 1. The molecule has 0 saturated carbocycles. The summed E-state index contributed by atoms with van der Waals surface area (Å²) in [5, 5.41) is 28.1. The maximum atomic E-state index is 12.8. The summed E-state index contributed by atoms with van der Waals surface area (Å²) >= 11 is 6.47. The van der Waals surface area contributed by atoms with Crippen molar-refractivity contribution >= 4 is 35.0 Å². The summed E-state index contributed by atoms with van der Waals surface area (Å²) in [4.78, 5) is 23.7. The van der Waals surface area contributed by atoms with Gasteiger partial charge in [-0.15, -0.1) is 0 Å². The highest BCUT2D eigenvalue weighted by molar-refractivity contribution is 6.31. The molecule has 0 unspecified atom stereocenters. The molecular formula is C22H16ClN5O5. The fraction of sp³-hybridized carbons (Fsp3) is 0.136. The third-order valence-electron chi connectivity index (χ3n) is 4.81. The Balaban J connectivity index is 1.67. The minimum Gasteiger partial charge on any atom is -0.486 e. The zero-order chi connectivity index (χ0) is 23.5. The van der Waals surface area contributed by atoms with Gasteiger partial charge in [-0.3, -0.25) is 14.9 Å². The van der Waals surface area contributed by atoms with Crippen molar-refractivity contribution in [1.29, 1.82) is 5.26 Å². The molecule has 0 aliphatic carbocycles. The standard InChI is InChI=1S/C22H16ClN5O5/c1-13-16(21(23)27(26-13)15-5-3-2-4-6-15)9-14(12-24)22(29)25-17-10-19-20(33-8-7-32-19)11-18(17)28(30)31/h2-6,9-11H,7-8H2,1H3,(H,25,29)/b14-9+. The predicted molar refractivity (Wildman–Crippen MR) is 120 cm³/mol. The fourth-order valence-corrected chi connectivity index (χ4v) is 3.55. The molecule has 166 valence electrons. The number of amides is 1. The first-order valence-electron chi connectivity index (χ1n) is 9.70. The van der Waals surface area contributed by atoms with Crippen LogP contribution < -0.4 is 14.8 Å². The van der Waals surface area contributed by atoms with Gasteiger partial charge in [-0.2, -0.15) is 10.4 Å². The van der Waals surface area contributed by atoms with Crippen LogP contribution in [0.25, 0.3) is 11.8 Å². The second kappa shape index (κ2) is 9.02. The van der Waals surface area contributed by atoms with E-state index in [1.54, 1.807) is 6.92 Å². The zero-order valence-electron chi connectivity index (χ0n) is 17.2. The van der Waals surface area contributed by atoms with E-state index in [1.807, 2.05) is 36.4 Å². The molecular weight excluding hydrogens is 450 g/mol. The second-order valence-electron chi connectivity index (χ2n) is 6.93. The maximum Gasteiger partial charge on any atom is 0.296 e. The van der Waals surface area contributed by atoms with Crippen LogP contribution in [0.1, 0.15) is 11.3 Å². The summed E-state index contributed by atoms with van der Waals surface area (Å²) in [6, 6.07) is 13.4. The molecule has 4 rings (SSSR count). The molecule has 0 fully saturated rings. The molecule has 0 saturated heterocycles. The van der Waals surface area contributed by atoms with Crippen LogP contribution in [0.15, 0.2) is 48.0 Å². The minimum atomic E-state index is -0.847. The molecule has 3 aromatic rings. The van der Waals surface area contributed by atoms with E-state index in [0.29, 0.717) is 16.9 Å². The first-order chi connectivity index (χ1) is 15.9. The number of carbonyl (C=O) groups is 1. The van der Waals surface area contributed by atoms with Crippen LogP contribution in [0.3, 0.4) is 0 Å². The number of hydrogen-bond acceptors (Lipinski definition) is 7. The van der Waals surface area contributed by atoms with Crippen molar-refractivity contribution < 1.29 is 19.2 Å². The average Bonchev–Trinajstić information content (AvgIpc) is 3.10. The molecule has 2 aromatic carbocycles. The lowest BCUT2D eigenvalue weighted by atomic mass is 10.1. The molecule has 33 heavy (non-hydrogen) atoms. The van der Waals surface area contributed by atoms with Crippen molar-refractivity contribution in [2.24, 2.45) is 0 Å². The second-order valence-corrected chi connectivity index (χ2v) is 7.29. The number of nitro benzene ring substituents is 1. The lowest BCUT2D eigenvalue weighted by Crippen LogP contribution is -2.18. The first-order valence-corrected chi connectivity index (χ1v) is 10.1. The summed E-state index contributed by atoms with van der Waals surface area (Å²) in [5.41, 5.74) is 0.754. The third kappa shape index (κ3) is 4.35. The van der Waals surface area contributed by atoms with E-state index in [-0.39, 0.29) is 41.1 Å². The van der Waals surface area contributed by atoms with Crippen LogP contribution in [-0.2, 0) is 4.79 Å². The van der Waals surface area contributed by atoms with Crippen molar-refractivity contribution in [3.63, 3.8) is 0 Å². The number of halogens is 1. The van der Waals surface area contributed by atoms with Crippen LogP contribution in [0.5, 0.6) is 11.5 Å². The highest BCUT2D eigenvalue weighted by Crippen LogP contribution is 2.39. The van der Waals surface area contributed by atoms with Gasteiger partial charge in [-0.05, 0) is 25.1 Å². The molecule has 2 heterocycles. The number of aryl methyl sites for hydroxylation is 1. The zero-order valence-corrected chi connectivity index (χ0v) is 18.0. The topological polar surface area (TPSA) is 132 Å². The summed E-state index contributed by atoms with van der Waals surface area (Å²) in [6.07, 6.45) is 1.29. The molecule has 1 N–H and O–H groups in total. The normalized spacial score (nSPS) is 12.7. The number of nitrogens with zero attached hydrogens (tertiary/aromatic N) is 4. The molecule has 11 heteroatoms. The summed E-state index contributed by atoms with van der Waals surface area (Å²) in [7, 11) is 0. The Kier molecular flexibility index (Phi) is 5.97. The van der Waals surface area contributed by atoms with Gasteiger partial charge in [0.2, 0.25) is 0 Å². The monoisotopic (exact) mass is 465 g/mol. The number of benzene rings is 2. The quantitative estimate of drug-likeness (QED) is 0.260. The predicted octanol–water partition coefficient (Wildman–Crippen LogP) is 4.06. The molecule has 1 aliphatic rings. The van der Waals surface area contributed by atoms with Crippen LogP contribution >= 0.6 is 11.6 Å². The van der Waals surface area contributed by atoms with E-state index in [2.05, 4.69) is 10.4 Å². The van der Waals surface area contributed by atoms with Gasteiger partial charge in [0.1, 0.15) is 35.7 Å². The van der Waals surface area contributed by atoms with E-state index >= 15 is 0 Å². The Morgan fingerprint density at radius 2 is 1.94 bits per heavy atom. The minimum absolute atomic E-state index is 0.127. The lowest BCUT2D eigenvalue weighted by molar-refractivity contribution is -0.384. The van der Waals surface area contributed by atoms with Gasteiger partial charge in [0, 0.05) is 11.6 Å². The van der Waals surface area contributed by atoms with Crippen LogP contribution in [0.4, 0.5) is 11.4 Å². The molecule has 1 aliphatic heterocycles. The molecule has 0 spiro atoms. The molecule has 0 radical (unpaired) electrons. The first kappa shape index (κ1) is 21.9. The number of nitrogens with one attached hydrogen (secondary N) is 1. The smallest absolute Gasteiger partial charge is 0.296 e. The van der Waals surface area contributed by atoms with Crippen molar-refractivity contribution in [3.8, 4) is 23.3 Å². The van der Waals surface area contributed by atoms with Crippen molar-refractivity contribution in [2.75, 3.05) is 18.5 Å². The van der Waals surface area contributed by atoms with Crippen LogP contribution in [-0.4, -0.2) is 33.8 Å². The molecule has 1 aromatic heterocycles. The number of carbonyl (C=O) groups excluding carboxylic acids is 1. The number of nitro groups is 1. The van der Waals surface area contributed by atoms with Gasteiger partial charge < -0.3 is 14.8 Å². The van der Waals surface area contributed by atoms with Gasteiger partial charge in [-0.25, -0.2) is 4.68 Å². The van der Waals surface area contributed by atoms with Gasteiger partial charge in [0.25, 0.3) is 11.6 Å². The Morgan fingerprint density at radius 1 is 1.27 bits per heavy atom. The number of fused-ring (bicyclic) bond motifs is 1. The number of rotatable bonds is 5. The largest absolute Gasteiger partial charge is 0.486 e.